The number of benzene rings is 1. The van der Waals surface area contributed by atoms with Gasteiger partial charge in [-0.15, -0.1) is 0 Å². The van der Waals surface area contributed by atoms with Gasteiger partial charge in [0.15, 0.2) is 0 Å². The van der Waals surface area contributed by atoms with Crippen molar-refractivity contribution in [1.82, 2.24) is 9.80 Å². The van der Waals surface area contributed by atoms with Gasteiger partial charge in [-0.2, -0.15) is 0 Å². The van der Waals surface area contributed by atoms with E-state index in [1.54, 1.807) is 0 Å². The van der Waals surface area contributed by atoms with Crippen LogP contribution >= 0.6 is 0 Å². The molecule has 0 saturated carbocycles. The van der Waals surface area contributed by atoms with E-state index in [2.05, 4.69) is 0 Å². The summed E-state index contributed by atoms with van der Waals surface area (Å²) < 4.78 is 11.5. The van der Waals surface area contributed by atoms with Crippen LogP contribution in [0.4, 0.5) is 0 Å². The molecule has 0 spiro atoms. The molecular weight excluding hydrogens is 356 g/mol. The predicted molar refractivity (Wildman–Crippen MR) is 105 cm³/mol. The van der Waals surface area contributed by atoms with Gasteiger partial charge in [0.25, 0.3) is 11.8 Å². The molecule has 0 unspecified atom stereocenters. The van der Waals surface area contributed by atoms with Gasteiger partial charge in [0.1, 0.15) is 11.9 Å². The normalized spacial score (nSPS) is 25.1. The average Bonchev–Trinajstić information content (AvgIpc) is 3.46. The first-order valence-corrected chi connectivity index (χ1v) is 10.6. The van der Waals surface area contributed by atoms with Gasteiger partial charge >= 0.3 is 0 Å². The van der Waals surface area contributed by atoms with Crippen molar-refractivity contribution >= 4 is 11.8 Å². The Labute approximate surface area is 166 Å². The molecule has 3 saturated heterocycles. The molecule has 6 heteroatoms. The zero-order valence-electron chi connectivity index (χ0n) is 16.5. The van der Waals surface area contributed by atoms with Gasteiger partial charge in [0.05, 0.1) is 6.61 Å². The Morgan fingerprint density at radius 3 is 2.43 bits per heavy atom. The van der Waals surface area contributed by atoms with Crippen LogP contribution in [0.1, 0.15) is 48.9 Å². The molecule has 1 aromatic rings. The van der Waals surface area contributed by atoms with E-state index >= 15 is 0 Å². The Morgan fingerprint density at radius 2 is 1.71 bits per heavy atom. The molecule has 152 valence electrons. The Morgan fingerprint density at radius 1 is 0.964 bits per heavy atom. The number of amides is 2. The van der Waals surface area contributed by atoms with Crippen LogP contribution in [-0.2, 0) is 9.53 Å². The largest absolute Gasteiger partial charge is 0.493 e. The molecule has 0 radical (unpaired) electrons. The third-order valence-corrected chi connectivity index (χ3v) is 6.02. The lowest BCUT2D eigenvalue weighted by Gasteiger charge is -2.34. The highest BCUT2D eigenvalue weighted by Gasteiger charge is 2.31. The average molecular weight is 386 g/mol. The molecule has 1 aromatic carbocycles. The highest BCUT2D eigenvalue weighted by atomic mass is 16.5. The van der Waals surface area contributed by atoms with E-state index in [0.717, 1.165) is 76.0 Å². The van der Waals surface area contributed by atoms with E-state index in [-0.39, 0.29) is 17.9 Å². The molecule has 2 atom stereocenters. The maximum absolute atomic E-state index is 12.6. The fourth-order valence-corrected chi connectivity index (χ4v) is 4.39. The number of likely N-dealkylation sites (tertiary alicyclic amines) is 2. The lowest BCUT2D eigenvalue weighted by molar-refractivity contribution is -0.143. The van der Waals surface area contributed by atoms with Crippen LogP contribution in [0.25, 0.3) is 0 Å². The first kappa shape index (κ1) is 19.2. The molecule has 3 aliphatic heterocycles. The Kier molecular flexibility index (Phi) is 6.15. The van der Waals surface area contributed by atoms with Crippen molar-refractivity contribution in [3.8, 4) is 5.75 Å². The molecule has 6 nitrogen and oxygen atoms in total. The van der Waals surface area contributed by atoms with Crippen LogP contribution in [0.5, 0.6) is 5.75 Å². The molecule has 28 heavy (non-hydrogen) atoms. The summed E-state index contributed by atoms with van der Waals surface area (Å²) in [7, 11) is 0. The van der Waals surface area contributed by atoms with Gasteiger partial charge in [-0.1, -0.05) is 0 Å². The summed E-state index contributed by atoms with van der Waals surface area (Å²) in [5, 5.41) is 0. The number of carbonyl (C=O) groups excluding carboxylic acids is 2. The summed E-state index contributed by atoms with van der Waals surface area (Å²) >= 11 is 0. The van der Waals surface area contributed by atoms with Gasteiger partial charge in [-0.25, -0.2) is 0 Å². The quantitative estimate of drug-likeness (QED) is 0.781. The minimum absolute atomic E-state index is 0.111. The summed E-state index contributed by atoms with van der Waals surface area (Å²) in [5.41, 5.74) is 0.722. The van der Waals surface area contributed by atoms with E-state index in [1.165, 1.54) is 0 Å². The monoisotopic (exact) mass is 386 g/mol. The molecule has 4 rings (SSSR count). The molecular formula is C22H30N2O4. The van der Waals surface area contributed by atoms with Crippen LogP contribution in [0, 0.1) is 5.92 Å². The minimum atomic E-state index is -0.236. The number of rotatable bonds is 5. The first-order chi connectivity index (χ1) is 13.7. The molecule has 0 aromatic heterocycles. The second-order valence-corrected chi connectivity index (χ2v) is 8.13. The fourth-order valence-electron chi connectivity index (χ4n) is 4.39. The summed E-state index contributed by atoms with van der Waals surface area (Å²) in [6, 6.07) is 7.46. The third-order valence-electron chi connectivity index (χ3n) is 6.02. The van der Waals surface area contributed by atoms with Gasteiger partial charge in [0, 0.05) is 44.3 Å². The molecule has 3 aliphatic rings. The zero-order chi connectivity index (χ0) is 19.3. The van der Waals surface area contributed by atoms with E-state index in [4.69, 9.17) is 9.47 Å². The molecule has 0 N–H and O–H groups in total. The minimum Gasteiger partial charge on any atom is -0.493 e. The zero-order valence-corrected chi connectivity index (χ0v) is 16.5. The number of hydrogen-bond acceptors (Lipinski definition) is 4. The maximum atomic E-state index is 12.6. The Bertz CT molecular complexity index is 678. The van der Waals surface area contributed by atoms with Gasteiger partial charge in [-0.05, 0) is 62.8 Å². The highest BCUT2D eigenvalue weighted by molar-refractivity contribution is 5.94. The van der Waals surface area contributed by atoms with E-state index in [0.29, 0.717) is 19.1 Å². The number of piperidine rings is 1. The molecule has 0 aliphatic carbocycles. The lowest BCUT2D eigenvalue weighted by Crippen LogP contribution is -2.45. The standard InChI is InChI=1S/C22H30N2O4/c25-21(23-11-1-2-12-23)18-7-9-19(10-8-18)28-16-17-5-3-13-24(15-17)22(26)20-6-4-14-27-20/h7-10,17,20H,1-6,11-16H2/t17-,20-/m0/s1. The maximum Gasteiger partial charge on any atom is 0.253 e. The van der Waals surface area contributed by atoms with Crippen LogP contribution in [-0.4, -0.2) is 67.1 Å². The Balaban J connectivity index is 1.26. The van der Waals surface area contributed by atoms with E-state index in [9.17, 15) is 9.59 Å². The number of hydrogen-bond donors (Lipinski definition) is 0. The van der Waals surface area contributed by atoms with Crippen molar-refractivity contribution in [2.24, 2.45) is 5.92 Å². The molecule has 3 fully saturated rings. The van der Waals surface area contributed by atoms with E-state index < -0.39 is 0 Å². The SMILES string of the molecule is O=C(c1ccc(OC[C@H]2CCCN(C(=O)[C@@H]3CCCO3)C2)cc1)N1CCCC1. The van der Waals surface area contributed by atoms with Crippen LogP contribution in [0.2, 0.25) is 0 Å². The van der Waals surface area contributed by atoms with Crippen molar-refractivity contribution in [1.29, 1.82) is 0 Å². The van der Waals surface area contributed by atoms with Crippen molar-refractivity contribution in [2.75, 3.05) is 39.4 Å². The Hall–Kier alpha value is -2.08. The lowest BCUT2D eigenvalue weighted by atomic mass is 9.98. The molecule has 3 heterocycles. The van der Waals surface area contributed by atoms with Gasteiger partial charge in [-0.3, -0.25) is 9.59 Å². The summed E-state index contributed by atoms with van der Waals surface area (Å²) in [6.45, 7) is 4.58. The number of ether oxygens (including phenoxy) is 2. The first-order valence-electron chi connectivity index (χ1n) is 10.6. The summed E-state index contributed by atoms with van der Waals surface area (Å²) in [5.74, 6) is 1.37. The van der Waals surface area contributed by atoms with Crippen LogP contribution in [0.15, 0.2) is 24.3 Å². The fraction of sp³-hybridized carbons (Fsp3) is 0.636. The van der Waals surface area contributed by atoms with Crippen LogP contribution in [0.3, 0.4) is 0 Å². The van der Waals surface area contributed by atoms with Crippen molar-refractivity contribution in [3.05, 3.63) is 29.8 Å². The summed E-state index contributed by atoms with van der Waals surface area (Å²) in [4.78, 5) is 28.8. The second-order valence-electron chi connectivity index (χ2n) is 8.13. The van der Waals surface area contributed by atoms with Crippen molar-refractivity contribution < 1.29 is 19.1 Å². The van der Waals surface area contributed by atoms with Crippen molar-refractivity contribution in [3.63, 3.8) is 0 Å². The van der Waals surface area contributed by atoms with E-state index in [1.807, 2.05) is 34.1 Å². The van der Waals surface area contributed by atoms with Crippen LogP contribution < -0.4 is 4.74 Å². The smallest absolute Gasteiger partial charge is 0.253 e. The number of nitrogens with zero attached hydrogens (tertiary/aromatic N) is 2. The summed E-state index contributed by atoms with van der Waals surface area (Å²) in [6.07, 6.45) is 5.87. The third kappa shape index (κ3) is 4.49. The van der Waals surface area contributed by atoms with Gasteiger partial charge < -0.3 is 19.3 Å². The molecule has 0 bridgehead atoms. The molecule has 2 amide bonds. The van der Waals surface area contributed by atoms with Gasteiger partial charge in [0.2, 0.25) is 0 Å². The number of carbonyl (C=O) groups is 2. The predicted octanol–water partition coefficient (Wildman–Crippen LogP) is 2.72. The second kappa shape index (κ2) is 8.95. The highest BCUT2D eigenvalue weighted by Crippen LogP contribution is 2.23. The van der Waals surface area contributed by atoms with Crippen molar-refractivity contribution in [2.45, 2.75) is 44.6 Å². The topological polar surface area (TPSA) is 59.1 Å².